The van der Waals surface area contributed by atoms with Crippen molar-refractivity contribution < 1.29 is 16.8 Å². The molecule has 3 rings (SSSR count). The Balaban J connectivity index is 1.80. The number of halogens is 1. The molecule has 1 fully saturated rings. The Bertz CT molecular complexity index is 956. The molecule has 2 aromatic rings. The Kier molecular flexibility index (Phi) is 4.95. The van der Waals surface area contributed by atoms with Crippen molar-refractivity contribution in [3.05, 3.63) is 53.6 Å². The standard InChI is InChI=1S/C16H17ClN2O4S2/c17-13-3-9-16(10-4-13)25(22,23)18-14-5-7-15(8-6-14)19-11-1-2-12-24(19,20)21/h3-10,18H,1-2,11-12H2. The predicted molar refractivity (Wildman–Crippen MR) is 99.1 cm³/mol. The fourth-order valence-electron chi connectivity index (χ4n) is 2.60. The number of hydrogen-bond donors (Lipinski definition) is 1. The molecular formula is C16H17ClN2O4S2. The van der Waals surface area contributed by atoms with Crippen molar-refractivity contribution in [2.24, 2.45) is 0 Å². The molecule has 0 saturated carbocycles. The summed E-state index contributed by atoms with van der Waals surface area (Å²) in [6.45, 7) is 0.443. The first-order valence-corrected chi connectivity index (χ1v) is 11.1. The van der Waals surface area contributed by atoms with E-state index in [0.717, 1.165) is 6.42 Å². The zero-order valence-electron chi connectivity index (χ0n) is 13.2. The van der Waals surface area contributed by atoms with E-state index in [0.29, 0.717) is 29.4 Å². The largest absolute Gasteiger partial charge is 0.280 e. The Morgan fingerprint density at radius 2 is 1.60 bits per heavy atom. The average Bonchev–Trinajstić information content (AvgIpc) is 2.55. The highest BCUT2D eigenvalue weighted by Gasteiger charge is 2.26. The zero-order chi connectivity index (χ0) is 18.1. The Labute approximate surface area is 152 Å². The molecule has 1 aliphatic rings. The van der Waals surface area contributed by atoms with E-state index in [4.69, 9.17) is 11.6 Å². The van der Waals surface area contributed by atoms with E-state index >= 15 is 0 Å². The van der Waals surface area contributed by atoms with Gasteiger partial charge in [0.1, 0.15) is 0 Å². The number of sulfonamides is 2. The highest BCUT2D eigenvalue weighted by Crippen LogP contribution is 2.26. The lowest BCUT2D eigenvalue weighted by atomic mass is 10.2. The third-order valence-electron chi connectivity index (χ3n) is 3.88. The molecule has 2 aromatic carbocycles. The zero-order valence-corrected chi connectivity index (χ0v) is 15.6. The molecule has 1 N–H and O–H groups in total. The van der Waals surface area contributed by atoms with Gasteiger partial charge in [0.25, 0.3) is 10.0 Å². The van der Waals surface area contributed by atoms with E-state index in [2.05, 4.69) is 4.72 Å². The minimum Gasteiger partial charge on any atom is -0.280 e. The van der Waals surface area contributed by atoms with Crippen LogP contribution in [0.15, 0.2) is 53.4 Å². The molecule has 25 heavy (non-hydrogen) atoms. The van der Waals surface area contributed by atoms with Crippen LogP contribution in [0.25, 0.3) is 0 Å². The van der Waals surface area contributed by atoms with Crippen molar-refractivity contribution in [3.8, 4) is 0 Å². The van der Waals surface area contributed by atoms with Crippen LogP contribution in [0.3, 0.4) is 0 Å². The van der Waals surface area contributed by atoms with Crippen LogP contribution in [-0.2, 0) is 20.0 Å². The predicted octanol–water partition coefficient (Wildman–Crippen LogP) is 3.07. The van der Waals surface area contributed by atoms with Gasteiger partial charge in [0.15, 0.2) is 0 Å². The number of hydrogen-bond acceptors (Lipinski definition) is 4. The van der Waals surface area contributed by atoms with Gasteiger partial charge in [-0.2, -0.15) is 0 Å². The van der Waals surface area contributed by atoms with Crippen molar-refractivity contribution >= 4 is 43.0 Å². The monoisotopic (exact) mass is 400 g/mol. The van der Waals surface area contributed by atoms with Gasteiger partial charge in [-0.05, 0) is 61.4 Å². The Morgan fingerprint density at radius 1 is 0.960 bits per heavy atom. The van der Waals surface area contributed by atoms with Crippen molar-refractivity contribution in [3.63, 3.8) is 0 Å². The summed E-state index contributed by atoms with van der Waals surface area (Å²) >= 11 is 5.77. The Morgan fingerprint density at radius 3 is 2.20 bits per heavy atom. The molecule has 6 nitrogen and oxygen atoms in total. The van der Waals surface area contributed by atoms with Gasteiger partial charge < -0.3 is 0 Å². The SMILES string of the molecule is O=S(=O)(Nc1ccc(N2CCCCS2(=O)=O)cc1)c1ccc(Cl)cc1. The quantitative estimate of drug-likeness (QED) is 0.854. The fraction of sp³-hybridized carbons (Fsp3) is 0.250. The van der Waals surface area contributed by atoms with Crippen LogP contribution in [0, 0.1) is 0 Å². The topological polar surface area (TPSA) is 83.6 Å². The summed E-state index contributed by atoms with van der Waals surface area (Å²) in [6, 6.07) is 12.1. The summed E-state index contributed by atoms with van der Waals surface area (Å²) in [6.07, 6.45) is 1.47. The van der Waals surface area contributed by atoms with Gasteiger partial charge in [0.05, 0.1) is 16.3 Å². The summed E-state index contributed by atoms with van der Waals surface area (Å²) in [5.74, 6) is 0.137. The van der Waals surface area contributed by atoms with Gasteiger partial charge in [-0.1, -0.05) is 11.6 Å². The van der Waals surface area contributed by atoms with E-state index in [1.54, 1.807) is 24.3 Å². The smallest absolute Gasteiger partial charge is 0.261 e. The van der Waals surface area contributed by atoms with Gasteiger partial charge in [-0.25, -0.2) is 16.8 Å². The molecule has 1 aliphatic heterocycles. The van der Waals surface area contributed by atoms with Crippen LogP contribution < -0.4 is 9.03 Å². The number of benzene rings is 2. The summed E-state index contributed by atoms with van der Waals surface area (Å²) in [5.41, 5.74) is 0.891. The molecular weight excluding hydrogens is 384 g/mol. The second-order valence-corrected chi connectivity index (χ2v) is 9.83. The lowest BCUT2D eigenvalue weighted by Gasteiger charge is -2.28. The number of anilines is 2. The maximum Gasteiger partial charge on any atom is 0.261 e. The summed E-state index contributed by atoms with van der Waals surface area (Å²) in [7, 11) is -7.02. The average molecular weight is 401 g/mol. The first kappa shape index (κ1) is 18.0. The van der Waals surface area contributed by atoms with Crippen molar-refractivity contribution in [1.29, 1.82) is 0 Å². The normalized spacial score (nSPS) is 17.2. The summed E-state index contributed by atoms with van der Waals surface area (Å²) in [4.78, 5) is 0.0968. The van der Waals surface area contributed by atoms with Crippen LogP contribution in [-0.4, -0.2) is 29.1 Å². The van der Waals surface area contributed by atoms with E-state index < -0.39 is 20.0 Å². The third-order valence-corrected chi connectivity index (χ3v) is 7.40. The summed E-state index contributed by atoms with van der Waals surface area (Å²) < 4.78 is 52.7. The molecule has 0 unspecified atom stereocenters. The maximum atomic E-state index is 12.3. The van der Waals surface area contributed by atoms with Gasteiger partial charge in [0, 0.05) is 17.3 Å². The second kappa shape index (κ2) is 6.86. The molecule has 0 aromatic heterocycles. The minimum absolute atomic E-state index is 0.0968. The van der Waals surface area contributed by atoms with Crippen LogP contribution in [0.4, 0.5) is 11.4 Å². The minimum atomic E-state index is -3.73. The molecule has 9 heteroatoms. The summed E-state index contributed by atoms with van der Waals surface area (Å²) in [5, 5.41) is 0.450. The molecule has 1 saturated heterocycles. The van der Waals surface area contributed by atoms with Crippen LogP contribution in [0.1, 0.15) is 12.8 Å². The van der Waals surface area contributed by atoms with Crippen molar-refractivity contribution in [1.82, 2.24) is 0 Å². The lowest BCUT2D eigenvalue weighted by Crippen LogP contribution is -2.37. The van der Waals surface area contributed by atoms with Gasteiger partial charge >= 0.3 is 0 Å². The van der Waals surface area contributed by atoms with Gasteiger partial charge in [-0.15, -0.1) is 0 Å². The van der Waals surface area contributed by atoms with E-state index in [1.807, 2.05) is 0 Å². The number of nitrogens with zero attached hydrogens (tertiary/aromatic N) is 1. The van der Waals surface area contributed by atoms with Crippen LogP contribution >= 0.6 is 11.6 Å². The number of nitrogens with one attached hydrogen (secondary N) is 1. The van der Waals surface area contributed by atoms with Crippen LogP contribution in [0.2, 0.25) is 5.02 Å². The van der Waals surface area contributed by atoms with Crippen LogP contribution in [0.5, 0.6) is 0 Å². The van der Waals surface area contributed by atoms with E-state index in [-0.39, 0.29) is 10.6 Å². The highest BCUT2D eigenvalue weighted by atomic mass is 35.5. The maximum absolute atomic E-state index is 12.3. The third kappa shape index (κ3) is 4.08. The molecule has 0 amide bonds. The van der Waals surface area contributed by atoms with Crippen molar-refractivity contribution in [2.75, 3.05) is 21.3 Å². The molecule has 1 heterocycles. The highest BCUT2D eigenvalue weighted by molar-refractivity contribution is 7.93. The molecule has 0 radical (unpaired) electrons. The molecule has 0 spiro atoms. The molecule has 0 bridgehead atoms. The first-order chi connectivity index (χ1) is 11.8. The lowest BCUT2D eigenvalue weighted by molar-refractivity contribution is 0.574. The Hall–Kier alpha value is -1.77. The van der Waals surface area contributed by atoms with Gasteiger partial charge in [0.2, 0.25) is 10.0 Å². The number of rotatable bonds is 4. The van der Waals surface area contributed by atoms with Crippen molar-refractivity contribution in [2.45, 2.75) is 17.7 Å². The van der Waals surface area contributed by atoms with E-state index in [9.17, 15) is 16.8 Å². The first-order valence-electron chi connectivity index (χ1n) is 7.67. The molecule has 0 atom stereocenters. The van der Waals surface area contributed by atoms with E-state index in [1.165, 1.54) is 28.6 Å². The fourth-order valence-corrected chi connectivity index (χ4v) is 5.43. The second-order valence-electron chi connectivity index (χ2n) is 5.70. The molecule has 134 valence electrons. The molecule has 0 aliphatic carbocycles. The van der Waals surface area contributed by atoms with Gasteiger partial charge in [-0.3, -0.25) is 9.03 Å².